The first kappa shape index (κ1) is 19.8. The maximum atomic E-state index is 12.7. The van der Waals surface area contributed by atoms with Crippen LogP contribution >= 0.6 is 0 Å². The SMILES string of the molecule is CCCN(C(=O)Cc1ccc(S(=O)(=O)C(F)F)cc1)C1CCNCC1. The molecule has 1 fully saturated rings. The number of carbonyl (C=O) groups is 1. The molecule has 5 nitrogen and oxygen atoms in total. The van der Waals surface area contributed by atoms with Crippen LogP contribution in [0.5, 0.6) is 0 Å². The third-order valence-corrected chi connectivity index (χ3v) is 5.77. The van der Waals surface area contributed by atoms with Gasteiger partial charge in [0.2, 0.25) is 15.7 Å². The molecular formula is C17H24F2N2O3S. The van der Waals surface area contributed by atoms with Gasteiger partial charge in [-0.1, -0.05) is 19.1 Å². The summed E-state index contributed by atoms with van der Waals surface area (Å²) >= 11 is 0. The van der Waals surface area contributed by atoms with E-state index >= 15 is 0 Å². The minimum absolute atomic E-state index is 0.0155. The molecule has 1 aliphatic rings. The molecule has 1 aliphatic heterocycles. The van der Waals surface area contributed by atoms with Crippen molar-refractivity contribution in [2.45, 2.75) is 49.3 Å². The second-order valence-corrected chi connectivity index (χ2v) is 8.11. The number of carbonyl (C=O) groups excluding carboxylic acids is 1. The molecule has 0 radical (unpaired) electrons. The van der Waals surface area contributed by atoms with Crippen LogP contribution in [0.3, 0.4) is 0 Å². The molecule has 0 saturated carbocycles. The van der Waals surface area contributed by atoms with E-state index in [2.05, 4.69) is 5.32 Å². The number of rotatable bonds is 7. The highest BCUT2D eigenvalue weighted by atomic mass is 32.2. The molecule has 0 bridgehead atoms. The Bertz CT molecular complexity index is 672. The Kier molecular flexibility index (Phi) is 6.89. The molecule has 1 heterocycles. The summed E-state index contributed by atoms with van der Waals surface area (Å²) in [4.78, 5) is 14.1. The summed E-state index contributed by atoms with van der Waals surface area (Å²) in [6, 6.07) is 5.35. The predicted molar refractivity (Wildman–Crippen MR) is 91.2 cm³/mol. The van der Waals surface area contributed by atoms with Crippen LogP contribution in [0.15, 0.2) is 29.2 Å². The first-order valence-corrected chi connectivity index (χ1v) is 10.0. The van der Waals surface area contributed by atoms with Crippen molar-refractivity contribution in [1.82, 2.24) is 10.2 Å². The van der Waals surface area contributed by atoms with Crippen LogP contribution in [0, 0.1) is 0 Å². The van der Waals surface area contributed by atoms with Crippen LogP contribution in [0.1, 0.15) is 31.7 Å². The molecule has 0 unspecified atom stereocenters. The Labute approximate surface area is 147 Å². The van der Waals surface area contributed by atoms with Crippen molar-refractivity contribution in [3.63, 3.8) is 0 Å². The van der Waals surface area contributed by atoms with Gasteiger partial charge >= 0.3 is 5.76 Å². The third kappa shape index (κ3) is 4.98. The average Bonchev–Trinajstić information content (AvgIpc) is 2.60. The van der Waals surface area contributed by atoms with Gasteiger partial charge in [-0.15, -0.1) is 0 Å². The highest BCUT2D eigenvalue weighted by Crippen LogP contribution is 2.20. The van der Waals surface area contributed by atoms with Gasteiger partial charge in [-0.3, -0.25) is 4.79 Å². The number of amides is 1. The average molecular weight is 374 g/mol. The van der Waals surface area contributed by atoms with Crippen LogP contribution in [-0.2, 0) is 21.1 Å². The molecule has 1 amide bonds. The van der Waals surface area contributed by atoms with E-state index in [1.807, 2.05) is 11.8 Å². The zero-order valence-corrected chi connectivity index (χ0v) is 15.1. The standard InChI is InChI=1S/C17H24F2N2O3S/c1-2-11-21(14-7-9-20-10-8-14)16(22)12-13-3-5-15(6-4-13)25(23,24)17(18)19/h3-6,14,17,20H,2,7-12H2,1H3. The lowest BCUT2D eigenvalue weighted by molar-refractivity contribution is -0.133. The fourth-order valence-electron chi connectivity index (χ4n) is 3.05. The van der Waals surface area contributed by atoms with Gasteiger partial charge in [-0.25, -0.2) is 8.42 Å². The third-order valence-electron chi connectivity index (χ3n) is 4.38. The highest BCUT2D eigenvalue weighted by molar-refractivity contribution is 7.91. The van der Waals surface area contributed by atoms with Crippen LogP contribution in [0.4, 0.5) is 8.78 Å². The quantitative estimate of drug-likeness (QED) is 0.795. The van der Waals surface area contributed by atoms with Crippen molar-refractivity contribution < 1.29 is 22.0 Å². The summed E-state index contributed by atoms with van der Waals surface area (Å²) in [6.07, 6.45) is 2.83. The summed E-state index contributed by atoms with van der Waals surface area (Å²) in [5.41, 5.74) is 0.619. The monoisotopic (exact) mass is 374 g/mol. The minimum atomic E-state index is -4.60. The Morgan fingerprint density at radius 1 is 1.24 bits per heavy atom. The molecule has 0 atom stereocenters. The number of hydrogen-bond acceptors (Lipinski definition) is 4. The lowest BCUT2D eigenvalue weighted by Crippen LogP contribution is -2.47. The maximum absolute atomic E-state index is 12.7. The predicted octanol–water partition coefficient (Wildman–Crippen LogP) is 2.22. The van der Waals surface area contributed by atoms with E-state index in [0.29, 0.717) is 12.1 Å². The van der Waals surface area contributed by atoms with Crippen LogP contribution in [-0.4, -0.2) is 50.7 Å². The number of hydrogen-bond donors (Lipinski definition) is 1. The van der Waals surface area contributed by atoms with Crippen molar-refractivity contribution >= 4 is 15.7 Å². The number of nitrogens with one attached hydrogen (secondary N) is 1. The van der Waals surface area contributed by atoms with Gasteiger partial charge in [-0.2, -0.15) is 8.78 Å². The molecule has 1 saturated heterocycles. The van der Waals surface area contributed by atoms with E-state index in [4.69, 9.17) is 0 Å². The minimum Gasteiger partial charge on any atom is -0.339 e. The summed E-state index contributed by atoms with van der Waals surface area (Å²) in [5, 5.41) is 3.27. The molecule has 0 aromatic heterocycles. The van der Waals surface area contributed by atoms with Gasteiger partial charge in [-0.05, 0) is 50.0 Å². The number of piperidine rings is 1. The molecule has 1 N–H and O–H groups in total. The van der Waals surface area contributed by atoms with Crippen molar-refractivity contribution in [2.75, 3.05) is 19.6 Å². The maximum Gasteiger partial charge on any atom is 0.341 e. The fraction of sp³-hybridized carbons (Fsp3) is 0.588. The van der Waals surface area contributed by atoms with Crippen LogP contribution < -0.4 is 5.32 Å². The van der Waals surface area contributed by atoms with E-state index < -0.39 is 20.5 Å². The first-order chi connectivity index (χ1) is 11.9. The molecule has 2 rings (SSSR count). The number of halogens is 2. The normalized spacial score (nSPS) is 16.2. The van der Waals surface area contributed by atoms with Crippen LogP contribution in [0.25, 0.3) is 0 Å². The zero-order valence-electron chi connectivity index (χ0n) is 14.2. The first-order valence-electron chi connectivity index (χ1n) is 8.47. The number of nitrogens with zero attached hydrogens (tertiary/aromatic N) is 1. The van der Waals surface area contributed by atoms with Gasteiger partial charge < -0.3 is 10.2 Å². The van der Waals surface area contributed by atoms with Crippen molar-refractivity contribution in [3.05, 3.63) is 29.8 Å². The summed E-state index contributed by atoms with van der Waals surface area (Å²) in [5.74, 6) is -3.46. The number of alkyl halides is 2. The second kappa shape index (κ2) is 8.71. The number of sulfone groups is 1. The smallest absolute Gasteiger partial charge is 0.339 e. The largest absolute Gasteiger partial charge is 0.341 e. The van der Waals surface area contributed by atoms with E-state index in [0.717, 1.165) is 44.5 Å². The van der Waals surface area contributed by atoms with E-state index in [1.54, 1.807) is 0 Å². The molecule has 0 aliphatic carbocycles. The van der Waals surface area contributed by atoms with Crippen molar-refractivity contribution in [1.29, 1.82) is 0 Å². The highest BCUT2D eigenvalue weighted by Gasteiger charge is 2.27. The Balaban J connectivity index is 2.07. The van der Waals surface area contributed by atoms with Gasteiger partial charge in [0.05, 0.1) is 11.3 Å². The Morgan fingerprint density at radius 2 is 1.84 bits per heavy atom. The topological polar surface area (TPSA) is 66.5 Å². The summed E-state index contributed by atoms with van der Waals surface area (Å²) < 4.78 is 48.0. The van der Waals surface area contributed by atoms with Crippen molar-refractivity contribution in [3.8, 4) is 0 Å². The Hall–Kier alpha value is -1.54. The second-order valence-electron chi connectivity index (χ2n) is 6.19. The summed E-state index contributed by atoms with van der Waals surface area (Å²) in [7, 11) is -4.60. The van der Waals surface area contributed by atoms with Gasteiger partial charge in [0, 0.05) is 12.6 Å². The Morgan fingerprint density at radius 3 is 2.36 bits per heavy atom. The van der Waals surface area contributed by atoms with E-state index in [1.165, 1.54) is 12.1 Å². The lowest BCUT2D eigenvalue weighted by atomic mass is 10.0. The summed E-state index contributed by atoms with van der Waals surface area (Å²) in [6.45, 7) is 4.48. The zero-order chi connectivity index (χ0) is 18.4. The van der Waals surface area contributed by atoms with Gasteiger partial charge in [0.1, 0.15) is 0 Å². The number of benzene rings is 1. The molecule has 1 aromatic carbocycles. The van der Waals surface area contributed by atoms with Crippen molar-refractivity contribution in [2.24, 2.45) is 0 Å². The molecule has 25 heavy (non-hydrogen) atoms. The molecule has 8 heteroatoms. The van der Waals surface area contributed by atoms with Gasteiger partial charge in [0.15, 0.2) is 0 Å². The molecule has 140 valence electrons. The lowest BCUT2D eigenvalue weighted by Gasteiger charge is -2.34. The van der Waals surface area contributed by atoms with E-state index in [9.17, 15) is 22.0 Å². The molecule has 1 aromatic rings. The van der Waals surface area contributed by atoms with Gasteiger partial charge in [0.25, 0.3) is 0 Å². The van der Waals surface area contributed by atoms with Crippen LogP contribution in [0.2, 0.25) is 0 Å². The molecule has 0 spiro atoms. The fourth-order valence-corrected chi connectivity index (χ4v) is 3.77. The molecular weight excluding hydrogens is 350 g/mol. The van der Waals surface area contributed by atoms with E-state index in [-0.39, 0.29) is 18.4 Å².